The summed E-state index contributed by atoms with van der Waals surface area (Å²) in [6, 6.07) is 0. The van der Waals surface area contributed by atoms with E-state index in [4.69, 9.17) is 0 Å². The van der Waals surface area contributed by atoms with Gasteiger partial charge in [-0.25, -0.2) is 0 Å². The zero-order valence-electron chi connectivity index (χ0n) is 6.66. The molecule has 0 atom stereocenters. The summed E-state index contributed by atoms with van der Waals surface area (Å²) in [6.45, 7) is -0.302. The maximum atomic E-state index is 11.5. The van der Waals surface area contributed by atoms with E-state index in [1.807, 2.05) is 0 Å². The lowest BCUT2D eigenvalue weighted by molar-refractivity contribution is -0.134. The highest BCUT2D eigenvalue weighted by atomic mass is 19.4. The van der Waals surface area contributed by atoms with Gasteiger partial charge in [0.25, 0.3) is 0 Å². The average Bonchev–Trinajstić information content (AvgIpc) is 1.96. The normalized spacial score (nSPS) is 11.3. The Hall–Kier alpha value is -0.780. The molecular formula is C6H11F3N2O. The lowest BCUT2D eigenvalue weighted by Gasteiger charge is -2.06. The fourth-order valence-electron chi connectivity index (χ4n) is 0.520. The molecule has 2 N–H and O–H groups in total. The van der Waals surface area contributed by atoms with Crippen LogP contribution in [0.15, 0.2) is 0 Å². The van der Waals surface area contributed by atoms with E-state index in [-0.39, 0.29) is 19.0 Å². The third-order valence-electron chi connectivity index (χ3n) is 1.15. The van der Waals surface area contributed by atoms with Crippen molar-refractivity contribution in [3.63, 3.8) is 0 Å². The Morgan fingerprint density at radius 3 is 2.42 bits per heavy atom. The van der Waals surface area contributed by atoms with Crippen LogP contribution in [-0.4, -0.2) is 32.2 Å². The molecule has 0 aliphatic carbocycles. The summed E-state index contributed by atoms with van der Waals surface area (Å²) < 4.78 is 34.6. The van der Waals surface area contributed by atoms with Crippen molar-refractivity contribution in [2.24, 2.45) is 0 Å². The number of nitrogens with one attached hydrogen (secondary N) is 2. The van der Waals surface area contributed by atoms with Crippen molar-refractivity contribution in [2.45, 2.75) is 12.6 Å². The van der Waals surface area contributed by atoms with Gasteiger partial charge in [0.2, 0.25) is 5.91 Å². The first-order chi connectivity index (χ1) is 5.45. The predicted octanol–water partition coefficient (Wildman–Crippen LogP) is 0.274. The Balaban J connectivity index is 3.28. The van der Waals surface area contributed by atoms with Crippen molar-refractivity contribution >= 4 is 5.91 Å². The molecule has 0 bridgehead atoms. The Kier molecular flexibility index (Phi) is 4.65. The van der Waals surface area contributed by atoms with Crippen LogP contribution in [0.4, 0.5) is 13.2 Å². The lowest BCUT2D eigenvalue weighted by Crippen LogP contribution is -2.33. The smallest absolute Gasteiger partial charge is 0.358 e. The van der Waals surface area contributed by atoms with Crippen LogP contribution in [0.2, 0.25) is 0 Å². The predicted molar refractivity (Wildman–Crippen MR) is 37.6 cm³/mol. The van der Waals surface area contributed by atoms with Gasteiger partial charge in [0.1, 0.15) is 0 Å². The maximum Gasteiger partial charge on any atom is 0.390 e. The number of alkyl halides is 3. The molecule has 0 fully saturated rings. The van der Waals surface area contributed by atoms with Gasteiger partial charge < -0.3 is 10.6 Å². The van der Waals surface area contributed by atoms with E-state index in [1.165, 1.54) is 7.05 Å². The molecule has 0 radical (unpaired) electrons. The first-order valence-corrected chi connectivity index (χ1v) is 3.44. The van der Waals surface area contributed by atoms with Crippen molar-refractivity contribution in [2.75, 3.05) is 20.1 Å². The topological polar surface area (TPSA) is 41.1 Å². The highest BCUT2D eigenvalue weighted by Crippen LogP contribution is 2.17. The molecular weight excluding hydrogens is 173 g/mol. The number of rotatable bonds is 4. The SMILES string of the molecule is CNC(=O)CNCCC(F)(F)F. The fraction of sp³-hybridized carbons (Fsp3) is 0.833. The molecule has 0 aromatic rings. The van der Waals surface area contributed by atoms with Crippen molar-refractivity contribution in [3.8, 4) is 0 Å². The average molecular weight is 184 g/mol. The number of carbonyl (C=O) groups excluding carboxylic acids is 1. The summed E-state index contributed by atoms with van der Waals surface area (Å²) in [5, 5.41) is 4.64. The molecule has 0 aromatic heterocycles. The van der Waals surface area contributed by atoms with Gasteiger partial charge in [0.15, 0.2) is 0 Å². The van der Waals surface area contributed by atoms with Crippen LogP contribution >= 0.6 is 0 Å². The number of carbonyl (C=O) groups is 1. The van der Waals surface area contributed by atoms with Crippen LogP contribution in [0, 0.1) is 0 Å². The Labute approximate surface area is 68.3 Å². The third-order valence-corrected chi connectivity index (χ3v) is 1.15. The van der Waals surface area contributed by atoms with Crippen LogP contribution in [0.5, 0.6) is 0 Å². The minimum atomic E-state index is -4.16. The van der Waals surface area contributed by atoms with E-state index in [0.717, 1.165) is 0 Å². The first kappa shape index (κ1) is 11.2. The second kappa shape index (κ2) is 4.97. The molecule has 0 heterocycles. The van der Waals surface area contributed by atoms with Gasteiger partial charge in [-0.05, 0) is 0 Å². The molecule has 72 valence electrons. The van der Waals surface area contributed by atoms with Gasteiger partial charge in [0.05, 0.1) is 13.0 Å². The third kappa shape index (κ3) is 7.33. The molecule has 0 saturated carbocycles. The van der Waals surface area contributed by atoms with Gasteiger partial charge in [-0.2, -0.15) is 13.2 Å². The van der Waals surface area contributed by atoms with Crippen molar-refractivity contribution in [1.82, 2.24) is 10.6 Å². The largest absolute Gasteiger partial charge is 0.390 e. The highest BCUT2D eigenvalue weighted by Gasteiger charge is 2.25. The zero-order valence-corrected chi connectivity index (χ0v) is 6.66. The number of hydrogen-bond acceptors (Lipinski definition) is 2. The summed E-state index contributed by atoms with van der Waals surface area (Å²) in [6.07, 6.45) is -5.07. The van der Waals surface area contributed by atoms with Crippen LogP contribution in [0.1, 0.15) is 6.42 Å². The Morgan fingerprint density at radius 2 is 2.00 bits per heavy atom. The van der Waals surface area contributed by atoms with Crippen LogP contribution in [0.25, 0.3) is 0 Å². The van der Waals surface area contributed by atoms with E-state index >= 15 is 0 Å². The summed E-state index contributed by atoms with van der Waals surface area (Å²) in [4.78, 5) is 10.5. The standard InChI is InChI=1S/C6H11F3N2O/c1-10-5(12)4-11-3-2-6(7,8)9/h11H,2-4H2,1H3,(H,10,12). The van der Waals surface area contributed by atoms with Gasteiger partial charge in [-0.15, -0.1) is 0 Å². The van der Waals surface area contributed by atoms with Crippen molar-refractivity contribution < 1.29 is 18.0 Å². The van der Waals surface area contributed by atoms with E-state index in [0.29, 0.717) is 0 Å². The molecule has 12 heavy (non-hydrogen) atoms. The first-order valence-electron chi connectivity index (χ1n) is 3.44. The molecule has 0 saturated heterocycles. The van der Waals surface area contributed by atoms with Gasteiger partial charge in [0, 0.05) is 13.6 Å². The Morgan fingerprint density at radius 1 is 1.42 bits per heavy atom. The zero-order chi connectivity index (χ0) is 9.61. The lowest BCUT2D eigenvalue weighted by atomic mass is 10.4. The Bertz CT molecular complexity index is 146. The summed E-state index contributed by atoms with van der Waals surface area (Å²) in [5.74, 6) is -0.322. The highest BCUT2D eigenvalue weighted by molar-refractivity contribution is 5.77. The second-order valence-corrected chi connectivity index (χ2v) is 2.22. The fourth-order valence-corrected chi connectivity index (χ4v) is 0.520. The minimum absolute atomic E-state index is 0.0768. The van der Waals surface area contributed by atoms with Gasteiger partial charge in [-0.1, -0.05) is 0 Å². The second-order valence-electron chi connectivity index (χ2n) is 2.22. The van der Waals surface area contributed by atoms with Gasteiger partial charge >= 0.3 is 6.18 Å². The van der Waals surface area contributed by atoms with Crippen LogP contribution in [-0.2, 0) is 4.79 Å². The van der Waals surface area contributed by atoms with Crippen LogP contribution < -0.4 is 10.6 Å². The molecule has 0 unspecified atom stereocenters. The molecule has 0 spiro atoms. The molecule has 1 amide bonds. The summed E-state index contributed by atoms with van der Waals surface area (Å²) in [7, 11) is 1.42. The van der Waals surface area contributed by atoms with E-state index in [9.17, 15) is 18.0 Å². The number of halogens is 3. The molecule has 0 rings (SSSR count). The van der Waals surface area contributed by atoms with E-state index in [1.54, 1.807) is 0 Å². The summed E-state index contributed by atoms with van der Waals surface area (Å²) in [5.41, 5.74) is 0. The molecule has 3 nitrogen and oxygen atoms in total. The molecule has 0 aliphatic heterocycles. The van der Waals surface area contributed by atoms with Crippen molar-refractivity contribution in [3.05, 3.63) is 0 Å². The molecule has 0 aliphatic rings. The number of likely N-dealkylation sites (N-methyl/N-ethyl adjacent to an activating group) is 1. The van der Waals surface area contributed by atoms with E-state index < -0.39 is 12.6 Å². The monoisotopic (exact) mass is 184 g/mol. The van der Waals surface area contributed by atoms with E-state index in [2.05, 4.69) is 10.6 Å². The molecule has 6 heteroatoms. The number of amides is 1. The van der Waals surface area contributed by atoms with Crippen molar-refractivity contribution in [1.29, 1.82) is 0 Å². The van der Waals surface area contributed by atoms with Gasteiger partial charge in [-0.3, -0.25) is 4.79 Å². The van der Waals surface area contributed by atoms with Crippen LogP contribution in [0.3, 0.4) is 0 Å². The quantitative estimate of drug-likeness (QED) is 0.616. The summed E-state index contributed by atoms with van der Waals surface area (Å²) >= 11 is 0. The minimum Gasteiger partial charge on any atom is -0.358 e. The number of hydrogen-bond donors (Lipinski definition) is 2. The molecule has 0 aromatic carbocycles. The maximum absolute atomic E-state index is 11.5.